The van der Waals surface area contributed by atoms with E-state index in [1.807, 2.05) is 0 Å². The number of aliphatic hydroxyl groups is 3. The number of nitrogens with zero attached hydrogens (tertiary/aromatic N) is 2. The maximum atomic E-state index is 14.4. The number of nitrogens with two attached hydrogens (primary N) is 1. The van der Waals surface area contributed by atoms with Gasteiger partial charge in [0.2, 0.25) is 5.78 Å². The number of Topliss-reactive ketones (excluding diaryl/α,β-unsaturated/α-hetero) is 2. The number of aliphatic hydroxyl groups excluding tert-OH is 2. The minimum absolute atomic E-state index is 0.00947. The predicted molar refractivity (Wildman–Crippen MR) is 155 cm³/mol. The molecule has 4 rings (SSSR count). The average Bonchev–Trinajstić information content (AvgIpc) is 2.86. The number of amides is 1. The largest absolute Gasteiger partial charge is 0.508 e. The first-order valence-electron chi connectivity index (χ1n) is 14.1. The maximum Gasteiger partial charge on any atom is 0.403 e. The first kappa shape index (κ1) is 33.3. The molecule has 0 spiro atoms. The number of likely N-dealkylation sites (N-methyl/N-ethyl adjacent to an activating group) is 1. The molecule has 3 aliphatic rings. The number of ketones is 2. The molecule has 242 valence electrons. The van der Waals surface area contributed by atoms with Gasteiger partial charge in [-0.25, -0.2) is 0 Å². The molecule has 1 saturated carbocycles. The molecule has 0 aromatic heterocycles. The molecule has 1 aromatic carbocycles. The lowest BCUT2D eigenvalue weighted by molar-refractivity contribution is -0.176. The van der Waals surface area contributed by atoms with Crippen LogP contribution in [0, 0.1) is 10.8 Å². The number of carbonyl (C=O) groups excluding carboxylic acids is 3. The van der Waals surface area contributed by atoms with Gasteiger partial charge in [-0.1, -0.05) is 20.8 Å². The molecule has 0 bridgehead atoms. The van der Waals surface area contributed by atoms with Crippen molar-refractivity contribution in [3.63, 3.8) is 0 Å². The summed E-state index contributed by atoms with van der Waals surface area (Å²) in [4.78, 5) is 43.3. The quantitative estimate of drug-likeness (QED) is 0.247. The van der Waals surface area contributed by atoms with E-state index in [4.69, 9.17) is 5.73 Å². The SMILES string of the molecule is CCC(NCc1cc(N(C)C)c2c(c1O)C(O)=C1C(=O)[C@]3(O)C(O)=C(C(N)=O)C(=O)[C@@H](N(C)C)[C@]3(C)C[C@]1(C)C2)C(F)(F)F. The summed E-state index contributed by atoms with van der Waals surface area (Å²) in [5.41, 5.74) is -1.08. The van der Waals surface area contributed by atoms with Crippen LogP contribution in [-0.4, -0.2) is 94.9 Å². The first-order valence-corrected chi connectivity index (χ1v) is 14.1. The second-order valence-corrected chi connectivity index (χ2v) is 12.9. The minimum Gasteiger partial charge on any atom is -0.508 e. The highest BCUT2D eigenvalue weighted by Gasteiger charge is 2.72. The number of aromatic hydroxyl groups is 1. The number of nitrogens with one attached hydrogen (secondary N) is 1. The molecule has 1 aromatic rings. The molecule has 0 aliphatic heterocycles. The van der Waals surface area contributed by atoms with E-state index in [-0.39, 0.29) is 36.0 Å². The minimum atomic E-state index is -4.55. The molecule has 11 nitrogen and oxygen atoms in total. The van der Waals surface area contributed by atoms with Gasteiger partial charge < -0.3 is 36.4 Å². The number of anilines is 1. The molecular formula is C30H39F3N4O7. The van der Waals surface area contributed by atoms with Crippen molar-refractivity contribution in [3.8, 4) is 5.75 Å². The van der Waals surface area contributed by atoms with E-state index in [0.29, 0.717) is 11.3 Å². The van der Waals surface area contributed by atoms with Gasteiger partial charge in [-0.15, -0.1) is 0 Å². The second kappa shape index (κ2) is 10.5. The van der Waals surface area contributed by atoms with E-state index >= 15 is 0 Å². The lowest BCUT2D eigenvalue weighted by Crippen LogP contribution is -2.72. The molecule has 1 unspecified atom stereocenters. The van der Waals surface area contributed by atoms with Crippen LogP contribution in [0.3, 0.4) is 0 Å². The molecule has 1 fully saturated rings. The summed E-state index contributed by atoms with van der Waals surface area (Å²) in [6.07, 6.45) is -4.95. The fraction of sp³-hybridized carbons (Fsp3) is 0.567. The van der Waals surface area contributed by atoms with Gasteiger partial charge in [-0.2, -0.15) is 13.2 Å². The zero-order chi connectivity index (χ0) is 33.5. The van der Waals surface area contributed by atoms with Crippen LogP contribution < -0.4 is 16.0 Å². The van der Waals surface area contributed by atoms with E-state index in [0.717, 1.165) is 0 Å². The number of fused-ring (bicyclic) bond motifs is 3. The third-order valence-corrected chi connectivity index (χ3v) is 9.51. The number of carbonyl (C=O) groups is 3. The molecule has 5 atom stereocenters. The van der Waals surface area contributed by atoms with Crippen molar-refractivity contribution in [1.82, 2.24) is 10.2 Å². The van der Waals surface area contributed by atoms with Crippen molar-refractivity contribution in [2.45, 2.75) is 70.4 Å². The van der Waals surface area contributed by atoms with Crippen LogP contribution in [0.4, 0.5) is 18.9 Å². The zero-order valence-corrected chi connectivity index (χ0v) is 25.7. The highest BCUT2D eigenvalue weighted by atomic mass is 19.4. The number of hydrogen-bond donors (Lipinski definition) is 6. The number of hydrogen-bond acceptors (Lipinski definition) is 10. The van der Waals surface area contributed by atoms with E-state index in [2.05, 4.69) is 5.32 Å². The second-order valence-electron chi connectivity index (χ2n) is 12.9. The summed E-state index contributed by atoms with van der Waals surface area (Å²) in [6, 6.07) is -1.64. The molecule has 0 saturated heterocycles. The summed E-state index contributed by atoms with van der Waals surface area (Å²) in [5, 5.41) is 48.8. The highest BCUT2D eigenvalue weighted by Crippen LogP contribution is 2.63. The van der Waals surface area contributed by atoms with Gasteiger partial charge in [0.15, 0.2) is 11.4 Å². The molecule has 0 radical (unpaired) electrons. The summed E-state index contributed by atoms with van der Waals surface area (Å²) in [5.74, 6) is -5.92. The summed E-state index contributed by atoms with van der Waals surface area (Å²) in [6.45, 7) is 4.03. The normalized spacial score (nSPS) is 29.4. The van der Waals surface area contributed by atoms with E-state index in [1.54, 1.807) is 25.9 Å². The van der Waals surface area contributed by atoms with Crippen LogP contribution in [0.25, 0.3) is 5.76 Å². The number of alkyl halides is 3. The summed E-state index contributed by atoms with van der Waals surface area (Å²) < 4.78 is 40.3. The van der Waals surface area contributed by atoms with E-state index in [9.17, 15) is 48.0 Å². The number of halogens is 3. The Bertz CT molecular complexity index is 1520. The number of rotatable bonds is 7. The van der Waals surface area contributed by atoms with Crippen molar-refractivity contribution in [1.29, 1.82) is 0 Å². The monoisotopic (exact) mass is 624 g/mol. The third kappa shape index (κ3) is 4.48. The lowest BCUT2D eigenvalue weighted by atomic mass is 9.46. The predicted octanol–water partition coefficient (Wildman–Crippen LogP) is 2.24. The van der Waals surface area contributed by atoms with Crippen molar-refractivity contribution in [2.75, 3.05) is 33.1 Å². The Morgan fingerprint density at radius 2 is 1.75 bits per heavy atom. The first-order chi connectivity index (χ1) is 20.1. The van der Waals surface area contributed by atoms with Crippen LogP contribution in [0.1, 0.15) is 50.3 Å². The molecule has 7 N–H and O–H groups in total. The third-order valence-electron chi connectivity index (χ3n) is 9.51. The van der Waals surface area contributed by atoms with Gasteiger partial charge in [0, 0.05) is 48.3 Å². The maximum absolute atomic E-state index is 14.4. The van der Waals surface area contributed by atoms with Gasteiger partial charge in [0.1, 0.15) is 28.9 Å². The van der Waals surface area contributed by atoms with Crippen molar-refractivity contribution in [3.05, 3.63) is 39.7 Å². The molecular weight excluding hydrogens is 585 g/mol. The number of phenols is 1. The Balaban J connectivity index is 2.00. The van der Waals surface area contributed by atoms with E-state index < -0.39 is 81.6 Å². The van der Waals surface area contributed by atoms with Crippen molar-refractivity contribution < 1.29 is 48.0 Å². The zero-order valence-electron chi connectivity index (χ0n) is 25.7. The lowest BCUT2D eigenvalue weighted by Gasteiger charge is -2.59. The van der Waals surface area contributed by atoms with Gasteiger partial charge in [-0.05, 0) is 45.0 Å². The Morgan fingerprint density at radius 3 is 2.23 bits per heavy atom. The van der Waals surface area contributed by atoms with Crippen LogP contribution >= 0.6 is 0 Å². The fourth-order valence-corrected chi connectivity index (χ4v) is 7.68. The summed E-state index contributed by atoms with van der Waals surface area (Å²) in [7, 11) is 6.38. The van der Waals surface area contributed by atoms with Gasteiger partial charge in [0.05, 0.1) is 11.6 Å². The topological polar surface area (TPSA) is 177 Å². The number of phenolic OH excluding ortho intramolecular Hbond substituents is 1. The van der Waals surface area contributed by atoms with Gasteiger partial charge >= 0.3 is 6.18 Å². The highest BCUT2D eigenvalue weighted by molar-refractivity contribution is 6.25. The van der Waals surface area contributed by atoms with Crippen LogP contribution in [0.2, 0.25) is 0 Å². The number of benzene rings is 1. The van der Waals surface area contributed by atoms with Crippen LogP contribution in [-0.2, 0) is 27.3 Å². The van der Waals surface area contributed by atoms with Gasteiger partial charge in [0.25, 0.3) is 5.91 Å². The Hall–Kier alpha value is -3.62. The molecule has 44 heavy (non-hydrogen) atoms. The standard InChI is InChI=1S/C30H39F3N4O7/c1-8-16(30(31,32)33)35-11-13-9-15(36(4)5)14-10-27(2)12-28(3)23(37(6)7)22(40)18(26(34)43)24(41)29(28,44)25(42)19(27)21(39)17(14)20(13)38/h9,16,23,35,38-39,41,44H,8,10-12H2,1-7H3,(H2,34,43)/t16?,23-,27+,28+,29-/m1/s1. The van der Waals surface area contributed by atoms with Crippen molar-refractivity contribution in [2.24, 2.45) is 16.6 Å². The molecule has 0 heterocycles. The average molecular weight is 625 g/mol. The number of primary amides is 1. The van der Waals surface area contributed by atoms with Gasteiger partial charge in [-0.3, -0.25) is 19.3 Å². The molecule has 1 amide bonds. The Morgan fingerprint density at radius 1 is 1.16 bits per heavy atom. The van der Waals surface area contributed by atoms with Crippen molar-refractivity contribution >= 4 is 28.9 Å². The van der Waals surface area contributed by atoms with E-state index in [1.165, 1.54) is 38.9 Å². The Labute approximate surface area is 252 Å². The summed E-state index contributed by atoms with van der Waals surface area (Å²) >= 11 is 0. The smallest absolute Gasteiger partial charge is 0.403 e. The molecule has 14 heteroatoms. The van der Waals surface area contributed by atoms with Crippen LogP contribution in [0.5, 0.6) is 5.75 Å². The fourth-order valence-electron chi connectivity index (χ4n) is 7.68. The van der Waals surface area contributed by atoms with Crippen LogP contribution in [0.15, 0.2) is 23.0 Å². The Kier molecular flexibility index (Phi) is 7.93. The molecule has 3 aliphatic carbocycles.